The van der Waals surface area contributed by atoms with Gasteiger partial charge in [0, 0.05) is 19.0 Å². The number of carbonyl (C=O) groups is 2. The number of hydrogen-bond acceptors (Lipinski definition) is 4. The Labute approximate surface area is 163 Å². The quantitative estimate of drug-likeness (QED) is 0.275. The zero-order chi connectivity index (χ0) is 17.4. The average molecular weight is 396 g/mol. The summed E-state index contributed by atoms with van der Waals surface area (Å²) in [5, 5.41) is 5.20. The van der Waals surface area contributed by atoms with Crippen LogP contribution >= 0.6 is 24.8 Å². The van der Waals surface area contributed by atoms with Crippen molar-refractivity contribution in [2.75, 3.05) is 5.32 Å². The number of nitrogens with two attached hydrogens (primary N) is 1. The summed E-state index contributed by atoms with van der Waals surface area (Å²) in [6.45, 7) is 1.80. The molecule has 2 rings (SSSR count). The number of urea groups is 1. The number of hydrogen-bond donors (Lipinski definition) is 4. The van der Waals surface area contributed by atoms with E-state index in [0.717, 1.165) is 11.1 Å². The predicted octanol–water partition coefficient (Wildman–Crippen LogP) is 1.96. The number of nitrogens with one attached hydrogen (secondary N) is 3. The number of benzene rings is 1. The lowest BCUT2D eigenvalue weighted by Crippen LogP contribution is -2.39. The Morgan fingerprint density at radius 2 is 1.77 bits per heavy atom. The van der Waals surface area contributed by atoms with E-state index in [9.17, 15) is 9.59 Å². The lowest BCUT2D eigenvalue weighted by Gasteiger charge is -2.04. The number of hydrazine groups is 1. The highest BCUT2D eigenvalue weighted by Crippen LogP contribution is 2.06. The van der Waals surface area contributed by atoms with Crippen LogP contribution < -0.4 is 21.9 Å². The van der Waals surface area contributed by atoms with Gasteiger partial charge in [-0.2, -0.15) is 0 Å². The van der Waals surface area contributed by atoms with E-state index in [1.165, 1.54) is 6.92 Å². The lowest BCUT2D eigenvalue weighted by molar-refractivity contribution is -0.114. The van der Waals surface area contributed by atoms with Crippen LogP contribution in [-0.4, -0.2) is 16.9 Å². The monoisotopic (exact) mass is 395 g/mol. The first-order chi connectivity index (χ1) is 11.6. The molecule has 7 nitrogen and oxygen atoms in total. The molecule has 9 heteroatoms. The van der Waals surface area contributed by atoms with Gasteiger partial charge >= 0.3 is 6.03 Å². The smallest absolute Gasteiger partial charge is 0.329 e. The Hall–Kier alpha value is -2.79. The van der Waals surface area contributed by atoms with E-state index >= 15 is 0 Å². The van der Waals surface area contributed by atoms with E-state index in [-0.39, 0.29) is 30.7 Å². The van der Waals surface area contributed by atoms with Crippen LogP contribution in [0.4, 0.5) is 10.6 Å². The zero-order valence-electron chi connectivity index (χ0n) is 13.9. The summed E-state index contributed by atoms with van der Waals surface area (Å²) in [6, 6.07) is 12.2. The molecule has 0 saturated carbocycles. The molecule has 0 aliphatic heterocycles. The first-order valence-electron chi connectivity index (χ1n) is 7.17. The normalized spacial score (nSPS) is 8.69. The van der Waals surface area contributed by atoms with Crippen LogP contribution in [-0.2, 0) is 11.3 Å². The molecule has 0 aliphatic carbocycles. The predicted molar refractivity (Wildman–Crippen MR) is 105 cm³/mol. The number of anilines is 1. The summed E-state index contributed by atoms with van der Waals surface area (Å²) < 4.78 is 0. The van der Waals surface area contributed by atoms with Gasteiger partial charge in [-0.25, -0.2) is 15.6 Å². The number of nitrogens with zero attached hydrogens (tertiary/aromatic N) is 1. The van der Waals surface area contributed by atoms with Crippen LogP contribution in [0.2, 0.25) is 0 Å². The summed E-state index contributed by atoms with van der Waals surface area (Å²) in [7, 11) is 0. The van der Waals surface area contributed by atoms with Crippen molar-refractivity contribution in [3.05, 3.63) is 59.3 Å². The van der Waals surface area contributed by atoms with Crippen LogP contribution in [0.1, 0.15) is 23.7 Å². The molecule has 0 atom stereocenters. The van der Waals surface area contributed by atoms with Gasteiger partial charge in [-0.1, -0.05) is 24.1 Å². The van der Waals surface area contributed by atoms with E-state index in [0.29, 0.717) is 18.1 Å². The number of carbonyl (C=O) groups excluding carboxylic acids is 2. The van der Waals surface area contributed by atoms with E-state index in [1.807, 2.05) is 29.7 Å². The molecule has 26 heavy (non-hydrogen) atoms. The Kier molecular flexibility index (Phi) is 10.5. The molecular weight excluding hydrogens is 377 g/mol. The third kappa shape index (κ3) is 7.85. The molecule has 5 N–H and O–H groups in total. The van der Waals surface area contributed by atoms with Crippen molar-refractivity contribution in [2.24, 2.45) is 5.84 Å². The third-order valence-corrected chi connectivity index (χ3v) is 2.93. The first-order valence-corrected chi connectivity index (χ1v) is 7.17. The second-order valence-electron chi connectivity index (χ2n) is 4.86. The Bertz CT molecular complexity index is 801. The van der Waals surface area contributed by atoms with Crippen LogP contribution in [0.5, 0.6) is 0 Å². The number of rotatable bonds is 3. The fourth-order valence-electron chi connectivity index (χ4n) is 1.83. The highest BCUT2D eigenvalue weighted by atomic mass is 35.5. The van der Waals surface area contributed by atoms with E-state index < -0.39 is 6.03 Å². The van der Waals surface area contributed by atoms with Crippen LogP contribution in [0.15, 0.2) is 42.5 Å². The second-order valence-corrected chi connectivity index (χ2v) is 4.86. The summed E-state index contributed by atoms with van der Waals surface area (Å²) in [5.41, 5.74) is 4.30. The topological polar surface area (TPSA) is 109 Å². The highest BCUT2D eigenvalue weighted by Gasteiger charge is 1.98. The van der Waals surface area contributed by atoms with Crippen molar-refractivity contribution in [2.45, 2.75) is 13.5 Å². The fraction of sp³-hybridized carbons (Fsp3) is 0.118. The van der Waals surface area contributed by atoms with Gasteiger partial charge in [-0.3, -0.25) is 10.2 Å². The van der Waals surface area contributed by atoms with Gasteiger partial charge in [0.15, 0.2) is 0 Å². The minimum Gasteiger partial charge on any atom is -0.333 e. The maximum Gasteiger partial charge on any atom is 0.329 e. The SMILES string of the molecule is CC(=O)Nc1cccc(C#Cc2ccc(CNC(=O)NN)cc2)n1.Cl.Cl. The highest BCUT2D eigenvalue weighted by molar-refractivity contribution is 5.87. The van der Waals surface area contributed by atoms with Crippen molar-refractivity contribution >= 4 is 42.6 Å². The first kappa shape index (κ1) is 23.2. The van der Waals surface area contributed by atoms with E-state index in [1.54, 1.807) is 18.2 Å². The molecule has 3 amide bonds. The van der Waals surface area contributed by atoms with Crippen LogP contribution in [0.25, 0.3) is 0 Å². The number of amides is 3. The molecule has 1 heterocycles. The van der Waals surface area contributed by atoms with Gasteiger partial charge in [-0.05, 0) is 35.7 Å². The number of halogens is 2. The molecule has 1 aromatic carbocycles. The molecule has 0 saturated heterocycles. The minimum atomic E-state index is -0.441. The Morgan fingerprint density at radius 3 is 2.38 bits per heavy atom. The van der Waals surface area contributed by atoms with Gasteiger partial charge in [0.2, 0.25) is 5.91 Å². The molecule has 0 radical (unpaired) electrons. The number of pyridine rings is 1. The fourth-order valence-corrected chi connectivity index (χ4v) is 1.83. The third-order valence-electron chi connectivity index (χ3n) is 2.93. The average Bonchev–Trinajstić information content (AvgIpc) is 2.58. The standard InChI is InChI=1S/C17H17N5O2.2ClH/c1-12(23)20-16-4-2-3-15(21-16)10-9-13-5-7-14(8-6-13)11-19-17(24)22-18;;/h2-8H,11,18H2,1H3,(H2,19,22,24)(H,20,21,23);2*1H. The summed E-state index contributed by atoms with van der Waals surface area (Å²) >= 11 is 0. The molecule has 0 spiro atoms. The molecule has 0 unspecified atom stereocenters. The van der Waals surface area contributed by atoms with Crippen LogP contribution in [0, 0.1) is 11.8 Å². The van der Waals surface area contributed by atoms with Gasteiger partial charge in [0.05, 0.1) is 0 Å². The minimum absolute atomic E-state index is 0. The summed E-state index contributed by atoms with van der Waals surface area (Å²) in [4.78, 5) is 26.3. The molecule has 0 bridgehead atoms. The van der Waals surface area contributed by atoms with E-state index in [4.69, 9.17) is 5.84 Å². The van der Waals surface area contributed by atoms with Gasteiger partial charge < -0.3 is 10.6 Å². The molecule has 0 fully saturated rings. The maximum absolute atomic E-state index is 11.0. The number of aromatic nitrogens is 1. The van der Waals surface area contributed by atoms with Crippen molar-refractivity contribution in [3.63, 3.8) is 0 Å². The maximum atomic E-state index is 11.0. The van der Waals surface area contributed by atoms with Crippen molar-refractivity contribution in [1.82, 2.24) is 15.7 Å². The molecule has 2 aromatic rings. The summed E-state index contributed by atoms with van der Waals surface area (Å²) in [5.74, 6) is 11.2. The molecule has 138 valence electrons. The van der Waals surface area contributed by atoms with Gasteiger partial charge in [0.1, 0.15) is 11.5 Å². The van der Waals surface area contributed by atoms with Crippen molar-refractivity contribution in [3.8, 4) is 11.8 Å². The molecule has 1 aromatic heterocycles. The van der Waals surface area contributed by atoms with E-state index in [2.05, 4.69) is 27.5 Å². The van der Waals surface area contributed by atoms with Gasteiger partial charge in [0.25, 0.3) is 0 Å². The lowest BCUT2D eigenvalue weighted by atomic mass is 10.1. The molecule has 0 aliphatic rings. The zero-order valence-corrected chi connectivity index (χ0v) is 15.5. The largest absolute Gasteiger partial charge is 0.333 e. The van der Waals surface area contributed by atoms with Crippen molar-refractivity contribution in [1.29, 1.82) is 0 Å². The van der Waals surface area contributed by atoms with Gasteiger partial charge in [-0.15, -0.1) is 24.8 Å². The summed E-state index contributed by atoms with van der Waals surface area (Å²) in [6.07, 6.45) is 0. The Morgan fingerprint density at radius 1 is 1.08 bits per heavy atom. The molecular formula is C17H19Cl2N5O2. The van der Waals surface area contributed by atoms with Crippen LogP contribution in [0.3, 0.4) is 0 Å². The Balaban J connectivity index is 0.00000312. The second kappa shape index (κ2) is 11.7. The van der Waals surface area contributed by atoms with Crippen molar-refractivity contribution < 1.29 is 9.59 Å².